The number of nitrogens with zero attached hydrogens (tertiary/aromatic N) is 1. The van der Waals surface area contributed by atoms with E-state index in [0.717, 1.165) is 39.0 Å². The highest BCUT2D eigenvalue weighted by atomic mass is 32.2. The van der Waals surface area contributed by atoms with Gasteiger partial charge in [0.2, 0.25) is 10.0 Å². The standard InChI is InChI=1S/C13H27N3O2S/c1-2-14-8-5-11-19(17,18)15-12-7-10-16-9-4-3-6-13(12)16/h12-15H,2-11H2,1H3. The van der Waals surface area contributed by atoms with Gasteiger partial charge in [-0.2, -0.15) is 0 Å². The van der Waals surface area contributed by atoms with Crippen LogP contribution in [0.2, 0.25) is 0 Å². The fourth-order valence-corrected chi connectivity index (χ4v) is 4.62. The normalized spacial score (nSPS) is 28.5. The largest absolute Gasteiger partial charge is 0.317 e. The van der Waals surface area contributed by atoms with Crippen molar-refractivity contribution in [3.63, 3.8) is 0 Å². The van der Waals surface area contributed by atoms with E-state index in [1.54, 1.807) is 0 Å². The third-order valence-corrected chi connectivity index (χ3v) is 5.69. The summed E-state index contributed by atoms with van der Waals surface area (Å²) in [6.45, 7) is 5.90. The second-order valence-corrected chi connectivity index (χ2v) is 7.51. The van der Waals surface area contributed by atoms with Crippen molar-refractivity contribution in [2.45, 2.75) is 51.1 Å². The van der Waals surface area contributed by atoms with Gasteiger partial charge in [-0.15, -0.1) is 0 Å². The van der Waals surface area contributed by atoms with E-state index in [4.69, 9.17) is 0 Å². The first-order valence-electron chi connectivity index (χ1n) is 7.57. The van der Waals surface area contributed by atoms with Gasteiger partial charge in [0.1, 0.15) is 0 Å². The average Bonchev–Trinajstić information content (AvgIpc) is 2.78. The van der Waals surface area contributed by atoms with Gasteiger partial charge in [0.05, 0.1) is 5.75 Å². The molecule has 0 radical (unpaired) electrons. The zero-order valence-electron chi connectivity index (χ0n) is 11.9. The van der Waals surface area contributed by atoms with Crippen LogP contribution in [0.3, 0.4) is 0 Å². The van der Waals surface area contributed by atoms with E-state index in [1.807, 2.05) is 6.92 Å². The molecule has 2 unspecified atom stereocenters. The van der Waals surface area contributed by atoms with Crippen LogP contribution in [0.15, 0.2) is 0 Å². The summed E-state index contributed by atoms with van der Waals surface area (Å²) in [6, 6.07) is 0.585. The molecule has 2 fully saturated rings. The highest BCUT2D eigenvalue weighted by Crippen LogP contribution is 2.27. The van der Waals surface area contributed by atoms with E-state index >= 15 is 0 Å². The molecule has 5 nitrogen and oxygen atoms in total. The molecule has 2 N–H and O–H groups in total. The zero-order valence-corrected chi connectivity index (χ0v) is 12.7. The van der Waals surface area contributed by atoms with Gasteiger partial charge in [-0.3, -0.25) is 4.90 Å². The molecule has 2 aliphatic rings. The second kappa shape index (κ2) is 7.02. The molecule has 0 amide bonds. The minimum atomic E-state index is -3.11. The van der Waals surface area contributed by atoms with Crippen LogP contribution in [-0.2, 0) is 10.0 Å². The quantitative estimate of drug-likeness (QED) is 0.671. The molecule has 0 aromatic heterocycles. The fourth-order valence-electron chi connectivity index (χ4n) is 3.24. The van der Waals surface area contributed by atoms with Crippen LogP contribution >= 0.6 is 0 Å². The summed E-state index contributed by atoms with van der Waals surface area (Å²) in [7, 11) is -3.11. The van der Waals surface area contributed by atoms with Gasteiger partial charge in [-0.25, -0.2) is 13.1 Å². The van der Waals surface area contributed by atoms with Crippen LogP contribution in [0.1, 0.15) is 39.0 Å². The Labute approximate surface area is 117 Å². The van der Waals surface area contributed by atoms with Crippen molar-refractivity contribution >= 4 is 10.0 Å². The highest BCUT2D eigenvalue weighted by Gasteiger charge is 2.37. The summed E-state index contributed by atoms with van der Waals surface area (Å²) in [5.41, 5.74) is 0. The molecular weight excluding hydrogens is 262 g/mol. The lowest BCUT2D eigenvalue weighted by Crippen LogP contribution is -2.47. The van der Waals surface area contributed by atoms with Crippen molar-refractivity contribution in [1.29, 1.82) is 0 Å². The Bertz CT molecular complexity index is 372. The summed E-state index contributed by atoms with van der Waals surface area (Å²) in [6.07, 6.45) is 5.30. The van der Waals surface area contributed by atoms with Crippen molar-refractivity contribution in [2.24, 2.45) is 0 Å². The number of rotatable bonds is 7. The molecule has 0 aromatic rings. The number of piperidine rings is 1. The van der Waals surface area contributed by atoms with Crippen molar-refractivity contribution < 1.29 is 8.42 Å². The van der Waals surface area contributed by atoms with Crippen molar-refractivity contribution in [3.8, 4) is 0 Å². The minimum Gasteiger partial charge on any atom is -0.317 e. The lowest BCUT2D eigenvalue weighted by atomic mass is 10.00. The average molecular weight is 289 g/mol. The molecule has 0 bridgehead atoms. The van der Waals surface area contributed by atoms with Crippen LogP contribution in [0, 0.1) is 0 Å². The summed E-state index contributed by atoms with van der Waals surface area (Å²) < 4.78 is 27.1. The van der Waals surface area contributed by atoms with Crippen LogP contribution in [-0.4, -0.2) is 57.3 Å². The smallest absolute Gasteiger partial charge is 0.211 e. The summed E-state index contributed by atoms with van der Waals surface area (Å²) in [5.74, 6) is 0.239. The third kappa shape index (κ3) is 4.41. The van der Waals surface area contributed by atoms with Gasteiger partial charge >= 0.3 is 0 Å². The Morgan fingerprint density at radius 3 is 2.84 bits per heavy atom. The van der Waals surface area contributed by atoms with Gasteiger partial charge in [0, 0.05) is 18.6 Å². The molecule has 6 heteroatoms. The van der Waals surface area contributed by atoms with E-state index in [1.165, 1.54) is 12.8 Å². The molecule has 112 valence electrons. The second-order valence-electron chi connectivity index (χ2n) is 5.64. The van der Waals surface area contributed by atoms with Crippen molar-refractivity contribution in [1.82, 2.24) is 14.9 Å². The van der Waals surface area contributed by atoms with Gasteiger partial charge in [0.15, 0.2) is 0 Å². The van der Waals surface area contributed by atoms with Gasteiger partial charge in [-0.05, 0) is 45.3 Å². The first kappa shape index (κ1) is 15.2. The van der Waals surface area contributed by atoms with Crippen molar-refractivity contribution in [3.05, 3.63) is 0 Å². The van der Waals surface area contributed by atoms with Crippen LogP contribution in [0.5, 0.6) is 0 Å². The number of fused-ring (bicyclic) bond motifs is 1. The van der Waals surface area contributed by atoms with Crippen LogP contribution < -0.4 is 10.0 Å². The number of hydrogen-bond donors (Lipinski definition) is 2. The van der Waals surface area contributed by atoms with Gasteiger partial charge in [0.25, 0.3) is 0 Å². The van der Waals surface area contributed by atoms with Gasteiger partial charge in [-0.1, -0.05) is 13.3 Å². The molecule has 0 spiro atoms. The monoisotopic (exact) mass is 289 g/mol. The Kier molecular flexibility index (Phi) is 5.62. The third-order valence-electron chi connectivity index (χ3n) is 4.20. The molecule has 2 aliphatic heterocycles. The maximum Gasteiger partial charge on any atom is 0.211 e. The Morgan fingerprint density at radius 2 is 2.05 bits per heavy atom. The number of nitrogens with one attached hydrogen (secondary N) is 2. The minimum absolute atomic E-state index is 0.143. The first-order valence-corrected chi connectivity index (χ1v) is 9.22. The molecule has 2 saturated heterocycles. The lowest BCUT2D eigenvalue weighted by Gasteiger charge is -2.32. The Hall–Kier alpha value is -0.170. The molecule has 0 saturated carbocycles. The van der Waals surface area contributed by atoms with E-state index in [2.05, 4.69) is 14.9 Å². The molecule has 2 heterocycles. The number of hydrogen-bond acceptors (Lipinski definition) is 4. The van der Waals surface area contributed by atoms with Gasteiger partial charge < -0.3 is 5.32 Å². The summed E-state index contributed by atoms with van der Waals surface area (Å²) >= 11 is 0. The first-order chi connectivity index (χ1) is 9.12. The Balaban J connectivity index is 1.79. The molecule has 19 heavy (non-hydrogen) atoms. The van der Waals surface area contributed by atoms with Crippen molar-refractivity contribution in [2.75, 3.05) is 31.9 Å². The van der Waals surface area contributed by atoms with Crippen LogP contribution in [0.4, 0.5) is 0 Å². The molecule has 0 aromatic carbocycles. The predicted molar refractivity (Wildman–Crippen MR) is 77.7 cm³/mol. The summed E-state index contributed by atoms with van der Waals surface area (Å²) in [4.78, 5) is 2.45. The van der Waals surface area contributed by atoms with E-state index < -0.39 is 10.0 Å². The lowest BCUT2D eigenvalue weighted by molar-refractivity contribution is 0.186. The molecular formula is C13H27N3O2S. The molecule has 0 aliphatic carbocycles. The number of sulfonamides is 1. The highest BCUT2D eigenvalue weighted by molar-refractivity contribution is 7.89. The SMILES string of the molecule is CCNCCCS(=O)(=O)NC1CCN2CCCCC12. The van der Waals surface area contributed by atoms with Crippen LogP contribution in [0.25, 0.3) is 0 Å². The molecule has 2 rings (SSSR count). The maximum absolute atomic E-state index is 12.1. The van der Waals surface area contributed by atoms with E-state index in [0.29, 0.717) is 12.5 Å². The maximum atomic E-state index is 12.1. The summed E-state index contributed by atoms with van der Waals surface area (Å²) in [5, 5.41) is 3.16. The fraction of sp³-hybridized carbons (Fsp3) is 1.00. The van der Waals surface area contributed by atoms with E-state index in [9.17, 15) is 8.42 Å². The zero-order chi connectivity index (χ0) is 13.7. The van der Waals surface area contributed by atoms with E-state index in [-0.39, 0.29) is 11.8 Å². The predicted octanol–water partition coefficient (Wildman–Crippen LogP) is 0.532. The Morgan fingerprint density at radius 1 is 1.21 bits per heavy atom. The molecule has 2 atom stereocenters. The topological polar surface area (TPSA) is 61.4 Å².